The molecule has 1 aromatic heterocycles. The molecule has 1 fully saturated rings. The van der Waals surface area contributed by atoms with Crippen molar-refractivity contribution in [3.8, 4) is 5.75 Å². The monoisotopic (exact) mass is 477 g/mol. The Kier molecular flexibility index (Phi) is 4.82. The SMILES string of the molecule is C[C@@]1(Oc2c[nH]c3ccc(Br)c(Cl)c23)O[C@H](C(=O)O)[C@@](C)(O)[C@@](C)(O)[C@]1(C)O. The zero-order valence-corrected chi connectivity index (χ0v) is 17.9. The standard InChI is InChI=1S/C18H21BrClNO7/c1-15(24)13(14(22)23)28-18(4,17(3,26)16(15,2)25)27-10-7-21-9-6-5-8(19)12(20)11(9)10/h5-7,13,21,24-26H,1-4H3,(H,22,23)/t13-,15-,16-,17+,18-/m1/s1. The maximum Gasteiger partial charge on any atom is 0.336 e. The van der Waals surface area contributed by atoms with Crippen LogP contribution in [-0.2, 0) is 9.53 Å². The van der Waals surface area contributed by atoms with Gasteiger partial charge in [0.1, 0.15) is 17.0 Å². The molecule has 0 aliphatic carbocycles. The Hall–Kier alpha value is -1.36. The second-order valence-electron chi connectivity index (χ2n) is 7.61. The van der Waals surface area contributed by atoms with E-state index in [1.54, 1.807) is 12.1 Å². The molecule has 154 valence electrons. The van der Waals surface area contributed by atoms with Gasteiger partial charge in [0.15, 0.2) is 11.7 Å². The third kappa shape index (κ3) is 2.68. The van der Waals surface area contributed by atoms with Crippen LogP contribution in [0.15, 0.2) is 22.8 Å². The van der Waals surface area contributed by atoms with E-state index in [4.69, 9.17) is 21.1 Å². The van der Waals surface area contributed by atoms with Crippen molar-refractivity contribution in [2.45, 2.75) is 56.4 Å². The molecule has 0 spiro atoms. The van der Waals surface area contributed by atoms with Crippen molar-refractivity contribution >= 4 is 44.4 Å². The molecule has 5 N–H and O–H groups in total. The van der Waals surface area contributed by atoms with Crippen LogP contribution in [0.25, 0.3) is 10.9 Å². The van der Waals surface area contributed by atoms with Crippen LogP contribution in [-0.4, -0.2) is 60.1 Å². The number of hydrogen-bond acceptors (Lipinski definition) is 6. The molecule has 1 aliphatic rings. The summed E-state index contributed by atoms with van der Waals surface area (Å²) in [5, 5.41) is 43.1. The number of carboxylic acids is 1. The average Bonchev–Trinajstić information content (AvgIpc) is 2.97. The van der Waals surface area contributed by atoms with Crippen LogP contribution in [0.5, 0.6) is 5.75 Å². The van der Waals surface area contributed by atoms with Crippen molar-refractivity contribution in [3.05, 3.63) is 27.8 Å². The van der Waals surface area contributed by atoms with E-state index < -0.39 is 34.7 Å². The Morgan fingerprint density at radius 1 is 1.21 bits per heavy atom. The zero-order chi connectivity index (χ0) is 21.3. The summed E-state index contributed by atoms with van der Waals surface area (Å²) in [7, 11) is 0. The third-order valence-electron chi connectivity index (χ3n) is 5.90. The smallest absolute Gasteiger partial charge is 0.336 e. The van der Waals surface area contributed by atoms with Gasteiger partial charge >= 0.3 is 5.97 Å². The molecule has 28 heavy (non-hydrogen) atoms. The average molecular weight is 479 g/mol. The molecule has 0 bridgehead atoms. The summed E-state index contributed by atoms with van der Waals surface area (Å²) in [5.74, 6) is -3.40. The van der Waals surface area contributed by atoms with Crippen LogP contribution in [0.4, 0.5) is 0 Å². The number of rotatable bonds is 3. The molecule has 1 saturated heterocycles. The van der Waals surface area contributed by atoms with Gasteiger partial charge in [-0.25, -0.2) is 4.79 Å². The lowest BCUT2D eigenvalue weighted by Crippen LogP contribution is -2.82. The predicted octanol–water partition coefficient (Wildman–Crippen LogP) is 2.42. The minimum absolute atomic E-state index is 0.172. The number of carbonyl (C=O) groups is 1. The number of halogens is 2. The van der Waals surface area contributed by atoms with Crippen LogP contribution in [0.3, 0.4) is 0 Å². The van der Waals surface area contributed by atoms with Gasteiger partial charge in [-0.15, -0.1) is 0 Å². The first kappa shape index (κ1) is 21.4. The fourth-order valence-electron chi connectivity index (χ4n) is 3.48. The highest BCUT2D eigenvalue weighted by Gasteiger charge is 2.73. The summed E-state index contributed by atoms with van der Waals surface area (Å²) in [4.78, 5) is 14.7. The number of H-pyrrole nitrogens is 1. The molecule has 1 aromatic carbocycles. The van der Waals surface area contributed by atoms with Gasteiger partial charge < -0.3 is 34.9 Å². The number of ether oxygens (including phenoxy) is 2. The van der Waals surface area contributed by atoms with Crippen molar-refractivity contribution in [1.29, 1.82) is 0 Å². The van der Waals surface area contributed by atoms with Crippen LogP contribution in [0.2, 0.25) is 5.02 Å². The molecule has 3 rings (SSSR count). The van der Waals surface area contributed by atoms with E-state index in [1.807, 2.05) is 0 Å². The van der Waals surface area contributed by atoms with Gasteiger partial charge in [-0.1, -0.05) is 11.6 Å². The van der Waals surface area contributed by atoms with Crippen LogP contribution in [0.1, 0.15) is 27.7 Å². The van der Waals surface area contributed by atoms with E-state index in [9.17, 15) is 25.2 Å². The van der Waals surface area contributed by atoms with Crippen molar-refractivity contribution in [1.82, 2.24) is 4.98 Å². The number of fused-ring (bicyclic) bond motifs is 1. The van der Waals surface area contributed by atoms with Crippen molar-refractivity contribution in [2.24, 2.45) is 0 Å². The van der Waals surface area contributed by atoms with Gasteiger partial charge in [-0.2, -0.15) is 0 Å². The van der Waals surface area contributed by atoms with Crippen molar-refractivity contribution in [2.75, 3.05) is 0 Å². The topological polar surface area (TPSA) is 132 Å². The second-order valence-corrected chi connectivity index (χ2v) is 8.85. The summed E-state index contributed by atoms with van der Waals surface area (Å²) in [6.45, 7) is 4.70. The molecule has 2 heterocycles. The minimum atomic E-state index is -2.31. The molecule has 0 saturated carbocycles. The largest absolute Gasteiger partial charge is 0.479 e. The number of hydrogen-bond donors (Lipinski definition) is 5. The van der Waals surface area contributed by atoms with E-state index in [1.165, 1.54) is 20.0 Å². The van der Waals surface area contributed by atoms with E-state index in [0.29, 0.717) is 20.4 Å². The molecule has 0 radical (unpaired) electrons. The minimum Gasteiger partial charge on any atom is -0.479 e. The lowest BCUT2D eigenvalue weighted by atomic mass is 9.65. The summed E-state index contributed by atoms with van der Waals surface area (Å²) in [6, 6.07) is 3.49. The van der Waals surface area contributed by atoms with E-state index in [-0.39, 0.29) is 5.75 Å². The van der Waals surface area contributed by atoms with Gasteiger partial charge in [0.25, 0.3) is 0 Å². The van der Waals surface area contributed by atoms with Gasteiger partial charge in [-0.3, -0.25) is 0 Å². The maximum absolute atomic E-state index is 11.7. The van der Waals surface area contributed by atoms with Crippen LogP contribution in [0, 0.1) is 0 Å². The lowest BCUT2D eigenvalue weighted by Gasteiger charge is -2.60. The summed E-state index contributed by atoms with van der Waals surface area (Å²) >= 11 is 9.68. The third-order valence-corrected chi connectivity index (χ3v) is 7.18. The van der Waals surface area contributed by atoms with Gasteiger partial charge in [0.05, 0.1) is 15.9 Å². The highest BCUT2D eigenvalue weighted by Crippen LogP contribution is 2.50. The maximum atomic E-state index is 11.7. The Morgan fingerprint density at radius 3 is 2.39 bits per heavy atom. The summed E-state index contributed by atoms with van der Waals surface area (Å²) in [5.41, 5.74) is -6.22. The van der Waals surface area contributed by atoms with Crippen LogP contribution >= 0.6 is 27.5 Å². The Labute approximate surface area is 174 Å². The first-order chi connectivity index (χ1) is 12.7. The summed E-state index contributed by atoms with van der Waals surface area (Å²) < 4.78 is 12.1. The molecule has 8 nitrogen and oxygen atoms in total. The quantitative estimate of drug-likeness (QED) is 0.458. The molecule has 0 unspecified atom stereocenters. The molecule has 1 aliphatic heterocycles. The first-order valence-electron chi connectivity index (χ1n) is 8.39. The van der Waals surface area contributed by atoms with Crippen molar-refractivity contribution < 1.29 is 34.7 Å². The fourth-order valence-corrected chi connectivity index (χ4v) is 4.06. The Bertz CT molecular complexity index is 955. The first-order valence-corrected chi connectivity index (χ1v) is 9.56. The number of aliphatic hydroxyl groups is 3. The lowest BCUT2D eigenvalue weighted by molar-refractivity contribution is -0.407. The number of nitrogens with one attached hydrogen (secondary N) is 1. The van der Waals surface area contributed by atoms with Crippen LogP contribution < -0.4 is 4.74 Å². The zero-order valence-electron chi connectivity index (χ0n) is 15.6. The number of aromatic amines is 1. The molecular weight excluding hydrogens is 458 g/mol. The number of benzene rings is 1. The van der Waals surface area contributed by atoms with E-state index in [0.717, 1.165) is 13.8 Å². The van der Waals surface area contributed by atoms with Gasteiger partial charge in [-0.05, 0) is 48.8 Å². The second kappa shape index (κ2) is 6.32. The van der Waals surface area contributed by atoms with E-state index in [2.05, 4.69) is 20.9 Å². The number of carboxylic acid groups (broad SMARTS) is 1. The normalized spacial score (nSPS) is 38.5. The Morgan fingerprint density at radius 2 is 1.82 bits per heavy atom. The number of aromatic nitrogens is 1. The summed E-state index contributed by atoms with van der Waals surface area (Å²) in [6.07, 6.45) is -0.398. The number of aliphatic carboxylic acids is 1. The highest BCUT2D eigenvalue weighted by atomic mass is 79.9. The van der Waals surface area contributed by atoms with Gasteiger partial charge in [0, 0.05) is 17.6 Å². The molecule has 5 atom stereocenters. The molecule has 10 heteroatoms. The predicted molar refractivity (Wildman–Crippen MR) is 104 cm³/mol. The Balaban J connectivity index is 2.15. The fraction of sp³-hybridized carbons (Fsp3) is 0.500. The molecule has 2 aromatic rings. The van der Waals surface area contributed by atoms with Gasteiger partial charge in [0.2, 0.25) is 5.79 Å². The van der Waals surface area contributed by atoms with Crippen molar-refractivity contribution in [3.63, 3.8) is 0 Å². The molecule has 0 amide bonds. The highest BCUT2D eigenvalue weighted by molar-refractivity contribution is 9.10. The molecular formula is C18H21BrClNO7. The van der Waals surface area contributed by atoms with E-state index >= 15 is 0 Å².